The average molecular weight is 312 g/mol. The fraction of sp³-hybridized carbons (Fsp3) is 0.875. The van der Waals surface area contributed by atoms with E-state index in [4.69, 9.17) is 9.47 Å². The van der Waals surface area contributed by atoms with Crippen LogP contribution in [-0.4, -0.2) is 74.2 Å². The number of ether oxygens (including phenoxy) is 2. The van der Waals surface area contributed by atoms with E-state index in [1.165, 1.54) is 0 Å². The number of carbonyl (C=O) groups is 2. The van der Waals surface area contributed by atoms with Gasteiger partial charge in [-0.25, -0.2) is 0 Å². The quantitative estimate of drug-likeness (QED) is 0.288. The molecule has 2 aliphatic rings. The smallest absolute Gasteiger partial charge is 0.320 e. The molecule has 2 fully saturated rings. The lowest BCUT2D eigenvalue weighted by molar-refractivity contribution is -0.144. The van der Waals surface area contributed by atoms with Gasteiger partial charge in [0.1, 0.15) is 0 Å². The first-order valence-electron chi connectivity index (χ1n) is 8.50. The molecule has 2 heterocycles. The van der Waals surface area contributed by atoms with Crippen molar-refractivity contribution in [1.82, 2.24) is 9.80 Å². The molecule has 6 heteroatoms. The molecule has 0 spiro atoms. The molecule has 0 aromatic carbocycles. The zero-order valence-corrected chi connectivity index (χ0v) is 13.4. The van der Waals surface area contributed by atoms with Gasteiger partial charge in [0.15, 0.2) is 0 Å². The fourth-order valence-corrected chi connectivity index (χ4v) is 2.20. The second-order valence-electron chi connectivity index (χ2n) is 6.11. The predicted octanol–water partition coefficient (Wildman–Crippen LogP) is 1.04. The number of unbranched alkanes of at least 4 members (excludes halogenated alkanes) is 5. The molecule has 0 N–H and O–H groups in total. The van der Waals surface area contributed by atoms with Crippen LogP contribution in [0.15, 0.2) is 0 Å². The first-order chi connectivity index (χ1) is 10.7. The molecule has 0 bridgehead atoms. The molecule has 2 aliphatic heterocycles. The van der Waals surface area contributed by atoms with Gasteiger partial charge in [0.05, 0.1) is 26.3 Å². The molecule has 2 rings (SSSR count). The summed E-state index contributed by atoms with van der Waals surface area (Å²) in [7, 11) is 0. The number of rotatable bonds is 13. The van der Waals surface area contributed by atoms with Crippen molar-refractivity contribution in [3.8, 4) is 0 Å². The number of nitrogens with zero attached hydrogens (tertiary/aromatic N) is 2. The zero-order chi connectivity index (χ0) is 15.6. The van der Waals surface area contributed by atoms with Crippen molar-refractivity contribution in [3.63, 3.8) is 0 Å². The number of hydrogen-bond acceptors (Lipinski definition) is 6. The largest absolute Gasteiger partial charge is 0.465 e. The van der Waals surface area contributed by atoms with E-state index in [9.17, 15) is 9.59 Å². The molecule has 0 amide bonds. The highest BCUT2D eigenvalue weighted by Crippen LogP contribution is 2.07. The fourth-order valence-electron chi connectivity index (χ4n) is 2.20. The maximum atomic E-state index is 11.3. The van der Waals surface area contributed by atoms with Gasteiger partial charge in [-0.3, -0.25) is 19.4 Å². The highest BCUT2D eigenvalue weighted by Gasteiger charge is 2.21. The predicted molar refractivity (Wildman–Crippen MR) is 82.5 cm³/mol. The van der Waals surface area contributed by atoms with E-state index in [1.807, 2.05) is 0 Å². The molecular weight excluding hydrogens is 284 g/mol. The minimum Gasteiger partial charge on any atom is -0.465 e. The van der Waals surface area contributed by atoms with Crippen LogP contribution in [0.4, 0.5) is 0 Å². The second kappa shape index (κ2) is 9.79. The van der Waals surface area contributed by atoms with Gasteiger partial charge < -0.3 is 9.47 Å². The summed E-state index contributed by atoms with van der Waals surface area (Å²) >= 11 is 0. The monoisotopic (exact) mass is 312 g/mol. The molecule has 22 heavy (non-hydrogen) atoms. The normalized spacial score (nSPS) is 17.3. The minimum atomic E-state index is -0.0955. The Balaban J connectivity index is 1.26. The third kappa shape index (κ3) is 9.00. The van der Waals surface area contributed by atoms with E-state index in [0.29, 0.717) is 26.3 Å². The molecular formula is C16H28N2O4. The van der Waals surface area contributed by atoms with E-state index in [2.05, 4.69) is 9.80 Å². The van der Waals surface area contributed by atoms with Crippen LogP contribution in [0, 0.1) is 0 Å². The highest BCUT2D eigenvalue weighted by molar-refractivity contribution is 5.72. The van der Waals surface area contributed by atoms with E-state index >= 15 is 0 Å². The number of carbonyl (C=O) groups excluding carboxylic acids is 2. The van der Waals surface area contributed by atoms with Crippen LogP contribution in [-0.2, 0) is 19.1 Å². The summed E-state index contributed by atoms with van der Waals surface area (Å²) < 4.78 is 10.3. The Morgan fingerprint density at radius 3 is 1.36 bits per heavy atom. The summed E-state index contributed by atoms with van der Waals surface area (Å²) in [4.78, 5) is 26.7. The minimum absolute atomic E-state index is 0.0955. The molecule has 6 nitrogen and oxygen atoms in total. The summed E-state index contributed by atoms with van der Waals surface area (Å²) in [6.07, 6.45) is 6.35. The van der Waals surface area contributed by atoms with Gasteiger partial charge in [0.2, 0.25) is 0 Å². The topological polar surface area (TPSA) is 58.6 Å². The first kappa shape index (κ1) is 17.2. The molecule has 126 valence electrons. The maximum absolute atomic E-state index is 11.3. The second-order valence-corrected chi connectivity index (χ2v) is 6.11. The van der Waals surface area contributed by atoms with Gasteiger partial charge in [0.25, 0.3) is 0 Å². The van der Waals surface area contributed by atoms with Gasteiger partial charge in [0, 0.05) is 26.2 Å². The Bertz CT molecular complexity index is 320. The Morgan fingerprint density at radius 2 is 1.00 bits per heavy atom. The summed E-state index contributed by atoms with van der Waals surface area (Å²) in [6, 6.07) is 0. The third-order valence-electron chi connectivity index (χ3n) is 3.85. The van der Waals surface area contributed by atoms with Crippen LogP contribution in [0.3, 0.4) is 0 Å². The van der Waals surface area contributed by atoms with E-state index in [-0.39, 0.29) is 11.9 Å². The van der Waals surface area contributed by atoms with Gasteiger partial charge in [-0.05, 0) is 12.8 Å². The van der Waals surface area contributed by atoms with E-state index < -0.39 is 0 Å². The maximum Gasteiger partial charge on any atom is 0.320 e. The van der Waals surface area contributed by atoms with E-state index in [0.717, 1.165) is 64.7 Å². The van der Waals surface area contributed by atoms with Crippen molar-refractivity contribution < 1.29 is 19.1 Å². The third-order valence-corrected chi connectivity index (χ3v) is 3.85. The van der Waals surface area contributed by atoms with Crippen LogP contribution < -0.4 is 0 Å². The lowest BCUT2D eigenvalue weighted by Crippen LogP contribution is -2.16. The lowest BCUT2D eigenvalue weighted by atomic mass is 10.1. The number of esters is 2. The van der Waals surface area contributed by atoms with E-state index in [1.54, 1.807) is 0 Å². The first-order valence-corrected chi connectivity index (χ1v) is 8.50. The van der Waals surface area contributed by atoms with Gasteiger partial charge >= 0.3 is 11.9 Å². The van der Waals surface area contributed by atoms with Crippen LogP contribution in [0.5, 0.6) is 0 Å². The van der Waals surface area contributed by atoms with Crippen LogP contribution in [0.1, 0.15) is 38.5 Å². The van der Waals surface area contributed by atoms with Crippen molar-refractivity contribution in [2.75, 3.05) is 52.5 Å². The van der Waals surface area contributed by atoms with Crippen molar-refractivity contribution in [1.29, 1.82) is 0 Å². The molecule has 0 saturated carbocycles. The van der Waals surface area contributed by atoms with Gasteiger partial charge in [-0.15, -0.1) is 0 Å². The Kier molecular flexibility index (Phi) is 7.66. The SMILES string of the molecule is O=C(CN1CC1)OCCCCCCCCOC(=O)CN1CC1. The van der Waals surface area contributed by atoms with Crippen molar-refractivity contribution >= 4 is 11.9 Å². The summed E-state index contributed by atoms with van der Waals surface area (Å²) in [5, 5.41) is 0. The summed E-state index contributed by atoms with van der Waals surface area (Å²) in [6.45, 7) is 6.12. The standard InChI is InChI=1S/C16H28N2O4/c19-15(13-17-7-8-17)21-11-5-3-1-2-4-6-12-22-16(20)14-18-9-10-18/h1-14H2. The van der Waals surface area contributed by atoms with Crippen LogP contribution in [0.25, 0.3) is 0 Å². The number of hydrogen-bond donors (Lipinski definition) is 0. The molecule has 0 atom stereocenters. The molecule has 0 radical (unpaired) electrons. The molecule has 0 aromatic heterocycles. The Morgan fingerprint density at radius 1 is 0.636 bits per heavy atom. The Labute approximate surface area is 132 Å². The van der Waals surface area contributed by atoms with Crippen LogP contribution in [0.2, 0.25) is 0 Å². The summed E-state index contributed by atoms with van der Waals surface area (Å²) in [5.74, 6) is -0.191. The summed E-state index contributed by atoms with van der Waals surface area (Å²) in [5.41, 5.74) is 0. The zero-order valence-electron chi connectivity index (χ0n) is 13.4. The van der Waals surface area contributed by atoms with Gasteiger partial charge in [-0.2, -0.15) is 0 Å². The lowest BCUT2D eigenvalue weighted by Gasteiger charge is -2.06. The molecule has 0 aromatic rings. The van der Waals surface area contributed by atoms with Crippen molar-refractivity contribution in [2.24, 2.45) is 0 Å². The Hall–Kier alpha value is -1.14. The molecule has 2 saturated heterocycles. The van der Waals surface area contributed by atoms with Crippen molar-refractivity contribution in [2.45, 2.75) is 38.5 Å². The van der Waals surface area contributed by atoms with Crippen molar-refractivity contribution in [3.05, 3.63) is 0 Å². The highest BCUT2D eigenvalue weighted by atomic mass is 16.5. The van der Waals surface area contributed by atoms with Crippen LogP contribution >= 0.6 is 0 Å². The molecule has 0 aliphatic carbocycles. The van der Waals surface area contributed by atoms with Gasteiger partial charge in [-0.1, -0.05) is 25.7 Å². The average Bonchev–Trinajstić information content (AvgIpc) is 3.37. The molecule has 0 unspecified atom stereocenters.